The summed E-state index contributed by atoms with van der Waals surface area (Å²) >= 11 is 0. The number of aliphatic hydroxyl groups excluding tert-OH is 5. The molecule has 3 heterocycles. The van der Waals surface area contributed by atoms with Crippen LogP contribution in [0.5, 0.6) is 0 Å². The van der Waals surface area contributed by atoms with E-state index in [0.717, 1.165) is 0 Å². The Morgan fingerprint density at radius 1 is 1.19 bits per heavy atom. The highest BCUT2D eigenvalue weighted by Gasteiger charge is 2.60. The van der Waals surface area contributed by atoms with Crippen LogP contribution in [-0.4, -0.2) is 142 Å². The Bertz CT molecular complexity index is 800. The summed E-state index contributed by atoms with van der Waals surface area (Å²) in [6, 6.07) is -2.10. The van der Waals surface area contributed by atoms with E-state index in [0.29, 0.717) is 0 Å². The third kappa shape index (κ3) is 5.23. The summed E-state index contributed by atoms with van der Waals surface area (Å²) in [6.45, 7) is 0.143. The Kier molecular flexibility index (Phi) is 8.95. The number of carbonyl (C=O) groups excluding carboxylic acids is 1. The minimum atomic E-state index is -2.27. The van der Waals surface area contributed by atoms with Crippen LogP contribution in [0.2, 0.25) is 0 Å². The first-order valence-electron chi connectivity index (χ1n) is 11.6. The van der Waals surface area contributed by atoms with Gasteiger partial charge in [-0.2, -0.15) is 0 Å². The lowest BCUT2D eigenvalue weighted by atomic mass is 9.84. The topological polar surface area (TPSA) is 240 Å². The van der Waals surface area contributed by atoms with Gasteiger partial charge in [-0.25, -0.2) is 9.59 Å². The molecule has 36 heavy (non-hydrogen) atoms. The van der Waals surface area contributed by atoms with Crippen LogP contribution in [-0.2, 0) is 33.3 Å². The molecular weight excluding hydrogens is 488 g/mol. The number of carbonyl (C=O) groups is 2. The van der Waals surface area contributed by atoms with Gasteiger partial charge in [-0.05, 0) is 14.0 Å². The Labute approximate surface area is 207 Å². The van der Waals surface area contributed by atoms with Crippen molar-refractivity contribution in [1.29, 1.82) is 0 Å². The molecule has 0 bridgehead atoms. The van der Waals surface area contributed by atoms with E-state index in [2.05, 4.69) is 5.32 Å². The monoisotopic (exact) mass is 524 g/mol. The molecule has 0 radical (unpaired) electrons. The first-order valence-corrected chi connectivity index (χ1v) is 11.6. The molecule has 0 aromatic rings. The van der Waals surface area contributed by atoms with Crippen molar-refractivity contribution in [3.8, 4) is 0 Å². The number of hydrogen-bond donors (Lipinski definition) is 8. The zero-order chi connectivity index (χ0) is 27.0. The van der Waals surface area contributed by atoms with Gasteiger partial charge in [0.1, 0.15) is 43.2 Å². The van der Waals surface area contributed by atoms with Gasteiger partial charge in [0.2, 0.25) is 0 Å². The Balaban J connectivity index is 1.87. The van der Waals surface area contributed by atoms with Gasteiger partial charge in [0.15, 0.2) is 5.60 Å². The highest BCUT2D eigenvalue weighted by atomic mass is 16.8. The molecule has 1 spiro atoms. The molecule has 3 saturated heterocycles. The SMILES string of the molecule is CNC1C(O)CC2(OC([C@@H](O)C3OC(C)(C(=O)O)CC(O)C3N)COC2=O)OC1[C@H](O)[C@@H](CO)OC. The fraction of sp³-hybridized carbons (Fsp3) is 0.905. The number of ether oxygens (including phenoxy) is 5. The Morgan fingerprint density at radius 3 is 2.42 bits per heavy atom. The van der Waals surface area contributed by atoms with Gasteiger partial charge in [-0.3, -0.25) is 0 Å². The summed E-state index contributed by atoms with van der Waals surface area (Å²) in [5.74, 6) is -4.67. The highest BCUT2D eigenvalue weighted by molar-refractivity contribution is 5.79. The average molecular weight is 525 g/mol. The van der Waals surface area contributed by atoms with Crippen LogP contribution in [0, 0.1) is 0 Å². The molecule has 0 amide bonds. The van der Waals surface area contributed by atoms with Gasteiger partial charge in [-0.15, -0.1) is 0 Å². The maximum absolute atomic E-state index is 12.8. The van der Waals surface area contributed by atoms with E-state index >= 15 is 0 Å². The molecule has 0 saturated carbocycles. The number of carboxylic acids is 1. The lowest BCUT2D eigenvalue weighted by Gasteiger charge is -2.51. The van der Waals surface area contributed by atoms with Crippen molar-refractivity contribution in [2.75, 3.05) is 27.4 Å². The predicted octanol–water partition coefficient (Wildman–Crippen LogP) is -4.59. The van der Waals surface area contributed by atoms with Crippen molar-refractivity contribution in [2.45, 2.75) is 92.1 Å². The number of aliphatic carboxylic acids is 1. The molecule has 3 aliphatic heterocycles. The fourth-order valence-corrected chi connectivity index (χ4v) is 4.93. The maximum Gasteiger partial charge on any atom is 0.367 e. The largest absolute Gasteiger partial charge is 0.479 e. The number of cyclic esters (lactones) is 1. The predicted molar refractivity (Wildman–Crippen MR) is 116 cm³/mol. The number of rotatable bonds is 8. The van der Waals surface area contributed by atoms with Crippen LogP contribution in [0.25, 0.3) is 0 Å². The lowest BCUT2D eigenvalue weighted by Crippen LogP contribution is -2.71. The van der Waals surface area contributed by atoms with Crippen LogP contribution in [0.4, 0.5) is 0 Å². The lowest BCUT2D eigenvalue weighted by molar-refractivity contribution is -0.354. The molecule has 9 unspecified atom stereocenters. The van der Waals surface area contributed by atoms with Gasteiger partial charge >= 0.3 is 11.9 Å². The number of hydrogen-bond acceptors (Lipinski definition) is 14. The summed E-state index contributed by atoms with van der Waals surface area (Å²) in [5, 5.41) is 64.8. The first-order chi connectivity index (χ1) is 16.8. The zero-order valence-corrected chi connectivity index (χ0v) is 20.2. The number of aliphatic hydroxyl groups is 5. The first kappa shape index (κ1) is 29.1. The third-order valence-electron chi connectivity index (χ3n) is 7.13. The number of methoxy groups -OCH3 is 1. The summed E-state index contributed by atoms with van der Waals surface area (Å²) < 4.78 is 27.5. The minimum absolute atomic E-state index is 0.316. The van der Waals surface area contributed by atoms with Crippen LogP contribution in [0.15, 0.2) is 0 Å². The molecule has 0 aliphatic carbocycles. The van der Waals surface area contributed by atoms with Crippen molar-refractivity contribution in [2.24, 2.45) is 5.73 Å². The Morgan fingerprint density at radius 2 is 1.86 bits per heavy atom. The smallest absolute Gasteiger partial charge is 0.367 e. The van der Waals surface area contributed by atoms with E-state index in [1.807, 2.05) is 0 Å². The third-order valence-corrected chi connectivity index (χ3v) is 7.13. The van der Waals surface area contributed by atoms with Gasteiger partial charge in [0.25, 0.3) is 5.79 Å². The molecule has 0 aromatic heterocycles. The number of esters is 1. The van der Waals surface area contributed by atoms with Crippen molar-refractivity contribution >= 4 is 11.9 Å². The molecule has 9 N–H and O–H groups in total. The summed E-state index contributed by atoms with van der Waals surface area (Å²) in [4.78, 5) is 24.5. The zero-order valence-electron chi connectivity index (χ0n) is 20.2. The standard InChI is InChI=1S/C21H36N2O13/c1-20(18(29)30)4-8(25)12(22)16(35-20)15(28)11-7-33-19(31)21(34-11)5-9(26)13(23-2)17(36-21)14(27)10(6-24)32-3/h8-17,23-28H,4-7,22H2,1-3H3,(H,29,30)/t8?,9?,10-,11?,12?,13?,14-,15-,16?,17?,20?,21?/m1/s1. The average Bonchev–Trinajstić information content (AvgIpc) is 2.83. The van der Waals surface area contributed by atoms with E-state index in [1.54, 1.807) is 0 Å². The second-order valence-corrected chi connectivity index (χ2v) is 9.58. The maximum atomic E-state index is 12.8. The molecule has 0 aromatic carbocycles. The molecule has 15 heteroatoms. The quantitative estimate of drug-likeness (QED) is 0.139. The molecule has 12 atom stereocenters. The Hall–Kier alpha value is -1.50. The van der Waals surface area contributed by atoms with Gasteiger partial charge in [-0.1, -0.05) is 0 Å². The summed E-state index contributed by atoms with van der Waals surface area (Å²) in [7, 11) is 2.74. The minimum Gasteiger partial charge on any atom is -0.479 e. The summed E-state index contributed by atoms with van der Waals surface area (Å²) in [6.07, 6.45) is -11.9. The van der Waals surface area contributed by atoms with Crippen LogP contribution in [0.1, 0.15) is 19.8 Å². The number of carboxylic acid groups (broad SMARTS) is 1. The fourth-order valence-electron chi connectivity index (χ4n) is 4.93. The molecule has 3 aliphatic rings. The van der Waals surface area contributed by atoms with Crippen molar-refractivity contribution < 1.29 is 63.9 Å². The van der Waals surface area contributed by atoms with E-state index in [9.17, 15) is 40.2 Å². The van der Waals surface area contributed by atoms with Gasteiger partial charge in [0, 0.05) is 20.0 Å². The van der Waals surface area contributed by atoms with Gasteiger partial charge in [0.05, 0.1) is 30.9 Å². The number of nitrogens with one attached hydrogen (secondary N) is 1. The van der Waals surface area contributed by atoms with Crippen LogP contribution in [0.3, 0.4) is 0 Å². The van der Waals surface area contributed by atoms with Crippen LogP contribution >= 0.6 is 0 Å². The molecular formula is C21H36N2O13. The molecule has 3 fully saturated rings. The van der Waals surface area contributed by atoms with E-state index < -0.39 is 104 Å². The number of likely N-dealkylation sites (N-methyl/N-ethyl adjacent to an activating group) is 1. The normalized spacial score (nSPS) is 44.0. The van der Waals surface area contributed by atoms with Crippen molar-refractivity contribution in [3.05, 3.63) is 0 Å². The highest BCUT2D eigenvalue weighted by Crippen LogP contribution is 2.39. The van der Waals surface area contributed by atoms with E-state index in [4.69, 9.17) is 29.4 Å². The second kappa shape index (κ2) is 11.1. The number of nitrogens with two attached hydrogens (primary N) is 1. The van der Waals surface area contributed by atoms with Crippen molar-refractivity contribution in [3.63, 3.8) is 0 Å². The van der Waals surface area contributed by atoms with Crippen molar-refractivity contribution in [1.82, 2.24) is 5.32 Å². The second-order valence-electron chi connectivity index (χ2n) is 9.58. The van der Waals surface area contributed by atoms with Crippen LogP contribution < -0.4 is 11.1 Å². The van der Waals surface area contributed by atoms with E-state index in [1.165, 1.54) is 21.1 Å². The molecule has 3 rings (SSSR count). The van der Waals surface area contributed by atoms with E-state index in [-0.39, 0.29) is 6.42 Å². The molecule has 15 nitrogen and oxygen atoms in total. The molecule has 208 valence electrons. The van der Waals surface area contributed by atoms with Gasteiger partial charge < -0.3 is 65.4 Å². The summed E-state index contributed by atoms with van der Waals surface area (Å²) in [5.41, 5.74) is 4.14.